The monoisotopic (exact) mass is 314 g/mol. The molecule has 6 heteroatoms. The van der Waals surface area contributed by atoms with Crippen LogP contribution in [0.5, 0.6) is 0 Å². The van der Waals surface area contributed by atoms with Gasteiger partial charge in [0, 0.05) is 0 Å². The molecule has 1 rings (SSSR count). The number of esters is 3. The van der Waals surface area contributed by atoms with Gasteiger partial charge in [0.25, 0.3) is 0 Å². The topological polar surface area (TPSA) is 78.9 Å². The van der Waals surface area contributed by atoms with Gasteiger partial charge in [-0.2, -0.15) is 0 Å². The fourth-order valence-corrected chi connectivity index (χ4v) is 2.55. The second-order valence-electron chi connectivity index (χ2n) is 5.66. The van der Waals surface area contributed by atoms with Crippen LogP contribution >= 0.6 is 0 Å². The van der Waals surface area contributed by atoms with Crippen LogP contribution < -0.4 is 0 Å². The summed E-state index contributed by atoms with van der Waals surface area (Å²) in [6, 6.07) is 0. The lowest BCUT2D eigenvalue weighted by atomic mass is 9.79. The molecule has 22 heavy (non-hydrogen) atoms. The predicted molar refractivity (Wildman–Crippen MR) is 78.8 cm³/mol. The molecule has 0 aliphatic heterocycles. The van der Waals surface area contributed by atoms with Crippen LogP contribution in [0.3, 0.4) is 0 Å². The van der Waals surface area contributed by atoms with Gasteiger partial charge in [-0.05, 0) is 19.3 Å². The Morgan fingerprint density at radius 3 is 2.09 bits per heavy atom. The van der Waals surface area contributed by atoms with Gasteiger partial charge in [0.1, 0.15) is 13.2 Å². The molecule has 0 spiro atoms. The van der Waals surface area contributed by atoms with Gasteiger partial charge < -0.3 is 14.2 Å². The summed E-state index contributed by atoms with van der Waals surface area (Å²) in [5, 5.41) is 0. The number of carbonyl (C=O) groups is 3. The molecule has 0 aromatic rings. The number of rotatable bonds is 7. The highest BCUT2D eigenvalue weighted by Crippen LogP contribution is 2.31. The largest absolute Gasteiger partial charge is 0.469 e. The normalized spacial score (nSPS) is 22.5. The van der Waals surface area contributed by atoms with Gasteiger partial charge in [0.2, 0.25) is 0 Å². The average Bonchev–Trinajstić information content (AvgIpc) is 2.56. The van der Waals surface area contributed by atoms with Crippen molar-refractivity contribution in [2.24, 2.45) is 17.8 Å². The molecule has 0 heterocycles. The van der Waals surface area contributed by atoms with Crippen LogP contribution in [0.4, 0.5) is 0 Å². The summed E-state index contributed by atoms with van der Waals surface area (Å²) in [7, 11) is 1.33. The Kier molecular flexibility index (Phi) is 7.91. The van der Waals surface area contributed by atoms with E-state index in [1.165, 1.54) is 7.11 Å². The number of ether oxygens (including phenoxy) is 3. The van der Waals surface area contributed by atoms with Crippen LogP contribution in [0.2, 0.25) is 0 Å². The molecule has 0 aromatic carbocycles. The molecule has 0 saturated heterocycles. The first-order valence-electron chi connectivity index (χ1n) is 7.92. The minimum absolute atomic E-state index is 0.0192. The molecule has 6 nitrogen and oxygen atoms in total. The Morgan fingerprint density at radius 2 is 1.55 bits per heavy atom. The van der Waals surface area contributed by atoms with Crippen molar-refractivity contribution in [1.29, 1.82) is 0 Å². The zero-order valence-corrected chi connectivity index (χ0v) is 13.6. The summed E-state index contributed by atoms with van der Waals surface area (Å²) < 4.78 is 14.9. The minimum Gasteiger partial charge on any atom is -0.469 e. The van der Waals surface area contributed by atoms with E-state index < -0.39 is 17.8 Å². The summed E-state index contributed by atoms with van der Waals surface area (Å²) in [5.41, 5.74) is 0. The van der Waals surface area contributed by atoms with E-state index in [1.54, 1.807) is 6.92 Å². The smallest absolute Gasteiger partial charge is 0.309 e. The molecule has 126 valence electrons. The third-order valence-corrected chi connectivity index (χ3v) is 4.16. The first-order valence-corrected chi connectivity index (χ1v) is 7.92. The van der Waals surface area contributed by atoms with E-state index in [0.29, 0.717) is 19.3 Å². The van der Waals surface area contributed by atoms with Crippen LogP contribution in [0.1, 0.15) is 46.0 Å². The van der Waals surface area contributed by atoms with Crippen LogP contribution in [0.25, 0.3) is 0 Å². The van der Waals surface area contributed by atoms with Gasteiger partial charge >= 0.3 is 17.9 Å². The number of hydrogen-bond donors (Lipinski definition) is 0. The van der Waals surface area contributed by atoms with Crippen LogP contribution in [0.15, 0.2) is 0 Å². The minimum atomic E-state index is -0.452. The van der Waals surface area contributed by atoms with Crippen molar-refractivity contribution in [3.05, 3.63) is 0 Å². The molecule has 0 amide bonds. The summed E-state index contributed by atoms with van der Waals surface area (Å²) in [4.78, 5) is 35.3. The number of hydrogen-bond acceptors (Lipinski definition) is 6. The summed E-state index contributed by atoms with van der Waals surface area (Å²) in [5.74, 6) is -2.08. The van der Waals surface area contributed by atoms with Crippen LogP contribution in [-0.4, -0.2) is 38.2 Å². The Hall–Kier alpha value is -1.59. The van der Waals surface area contributed by atoms with Crippen LogP contribution in [-0.2, 0) is 28.6 Å². The average molecular weight is 314 g/mol. The molecule has 1 fully saturated rings. The Morgan fingerprint density at radius 1 is 1.00 bits per heavy atom. The summed E-state index contributed by atoms with van der Waals surface area (Å²) >= 11 is 0. The molecule has 1 saturated carbocycles. The van der Waals surface area contributed by atoms with Crippen molar-refractivity contribution in [3.63, 3.8) is 0 Å². The van der Waals surface area contributed by atoms with E-state index in [0.717, 1.165) is 12.8 Å². The molecule has 3 atom stereocenters. The number of carbonyl (C=O) groups excluding carboxylic acids is 3. The van der Waals surface area contributed by atoms with Crippen molar-refractivity contribution in [3.8, 4) is 0 Å². The van der Waals surface area contributed by atoms with Crippen molar-refractivity contribution >= 4 is 17.9 Å². The molecule has 3 unspecified atom stereocenters. The Bertz CT molecular complexity index is 392. The van der Waals surface area contributed by atoms with Crippen molar-refractivity contribution in [2.75, 3.05) is 20.3 Å². The van der Waals surface area contributed by atoms with Crippen LogP contribution in [0, 0.1) is 17.8 Å². The maximum Gasteiger partial charge on any atom is 0.309 e. The molecule has 0 radical (unpaired) electrons. The first-order chi connectivity index (χ1) is 10.5. The lowest BCUT2D eigenvalue weighted by molar-refractivity contribution is -0.164. The third kappa shape index (κ3) is 5.31. The van der Waals surface area contributed by atoms with E-state index in [1.807, 2.05) is 6.92 Å². The second kappa shape index (κ2) is 9.43. The Balaban J connectivity index is 2.37. The lowest BCUT2D eigenvalue weighted by Gasteiger charge is -2.27. The zero-order chi connectivity index (χ0) is 16.5. The van der Waals surface area contributed by atoms with E-state index in [2.05, 4.69) is 0 Å². The molecular formula is C16H26O6. The fraction of sp³-hybridized carbons (Fsp3) is 0.812. The van der Waals surface area contributed by atoms with Gasteiger partial charge in [-0.3, -0.25) is 14.4 Å². The van der Waals surface area contributed by atoms with Gasteiger partial charge in [-0.1, -0.05) is 26.7 Å². The van der Waals surface area contributed by atoms with Crippen molar-refractivity contribution in [2.45, 2.75) is 46.0 Å². The molecule has 0 N–H and O–H groups in total. The van der Waals surface area contributed by atoms with Gasteiger partial charge in [-0.25, -0.2) is 0 Å². The Labute approximate surface area is 131 Å². The van der Waals surface area contributed by atoms with Gasteiger partial charge in [0.05, 0.1) is 24.9 Å². The highest BCUT2D eigenvalue weighted by molar-refractivity contribution is 5.82. The van der Waals surface area contributed by atoms with E-state index >= 15 is 0 Å². The standard InChI is InChI=1S/C16H26O6/c1-4-11(2)14(17)21-9-10-22-16(19)13-8-6-5-7-12(13)15(18)20-3/h11-13H,4-10H2,1-3H3. The number of methoxy groups -OCH3 is 1. The molecule has 0 aromatic heterocycles. The zero-order valence-electron chi connectivity index (χ0n) is 13.6. The third-order valence-electron chi connectivity index (χ3n) is 4.16. The summed E-state index contributed by atoms with van der Waals surface area (Å²) in [6.45, 7) is 3.76. The van der Waals surface area contributed by atoms with E-state index in [9.17, 15) is 14.4 Å². The first kappa shape index (κ1) is 18.5. The maximum atomic E-state index is 12.1. The van der Waals surface area contributed by atoms with E-state index in [4.69, 9.17) is 14.2 Å². The molecule has 1 aliphatic carbocycles. The highest BCUT2D eigenvalue weighted by atomic mass is 16.6. The molecular weight excluding hydrogens is 288 g/mol. The van der Waals surface area contributed by atoms with E-state index in [-0.39, 0.29) is 31.1 Å². The van der Waals surface area contributed by atoms with Gasteiger partial charge in [-0.15, -0.1) is 0 Å². The predicted octanol–water partition coefficient (Wildman–Crippen LogP) is 2.10. The lowest BCUT2D eigenvalue weighted by Crippen LogP contribution is -2.35. The highest BCUT2D eigenvalue weighted by Gasteiger charge is 2.37. The maximum absolute atomic E-state index is 12.1. The van der Waals surface area contributed by atoms with Gasteiger partial charge in [0.15, 0.2) is 0 Å². The summed E-state index contributed by atoms with van der Waals surface area (Å²) in [6.07, 6.45) is 3.80. The molecule has 0 bridgehead atoms. The second-order valence-corrected chi connectivity index (χ2v) is 5.66. The van der Waals surface area contributed by atoms with Crippen molar-refractivity contribution < 1.29 is 28.6 Å². The van der Waals surface area contributed by atoms with Crippen molar-refractivity contribution in [1.82, 2.24) is 0 Å². The molecule has 1 aliphatic rings. The SMILES string of the molecule is CCC(C)C(=O)OCCOC(=O)C1CCCCC1C(=O)OC. The fourth-order valence-electron chi connectivity index (χ4n) is 2.55. The quantitative estimate of drug-likeness (QED) is 0.407.